The number of aromatic carboxylic acids is 1. The highest BCUT2D eigenvalue weighted by Gasteiger charge is 2.22. The van der Waals surface area contributed by atoms with Crippen molar-refractivity contribution in [1.29, 1.82) is 0 Å². The zero-order valence-electron chi connectivity index (χ0n) is 16.6. The zero-order valence-corrected chi connectivity index (χ0v) is 16.6. The topological polar surface area (TPSA) is 58.4 Å². The minimum atomic E-state index is -0.928. The van der Waals surface area contributed by atoms with Crippen LogP contribution in [-0.2, 0) is 19.5 Å². The molecule has 5 nitrogen and oxygen atoms in total. The van der Waals surface area contributed by atoms with Crippen LogP contribution in [0.1, 0.15) is 41.5 Å². The van der Waals surface area contributed by atoms with Gasteiger partial charge in [0.25, 0.3) is 0 Å². The van der Waals surface area contributed by atoms with Gasteiger partial charge in [-0.3, -0.25) is 4.90 Å². The molecule has 1 saturated heterocycles. The number of aromatic nitrogens is 2. The molecular formula is C23H26FN3O2. The first-order chi connectivity index (χ1) is 14.0. The average molecular weight is 395 g/mol. The second-order valence-corrected chi connectivity index (χ2v) is 7.83. The fraction of sp³-hybridized carbons (Fsp3) is 0.391. The Balaban J connectivity index is 1.41. The molecule has 1 aliphatic heterocycles. The van der Waals surface area contributed by atoms with E-state index >= 15 is 0 Å². The molecule has 29 heavy (non-hydrogen) atoms. The highest BCUT2D eigenvalue weighted by molar-refractivity contribution is 5.92. The summed E-state index contributed by atoms with van der Waals surface area (Å²) in [7, 11) is 0. The Labute approximate surface area is 169 Å². The number of fused-ring (bicyclic) bond motifs is 1. The van der Waals surface area contributed by atoms with Gasteiger partial charge in [-0.25, -0.2) is 14.2 Å². The monoisotopic (exact) mass is 395 g/mol. The number of nitrogens with zero attached hydrogens (tertiary/aromatic N) is 3. The number of rotatable bonds is 6. The molecule has 0 bridgehead atoms. The lowest BCUT2D eigenvalue weighted by Crippen LogP contribution is -2.34. The molecule has 4 rings (SSSR count). The van der Waals surface area contributed by atoms with Crippen molar-refractivity contribution in [3.05, 3.63) is 65.2 Å². The quantitative estimate of drug-likeness (QED) is 0.674. The summed E-state index contributed by atoms with van der Waals surface area (Å²) in [5.74, 6) is 0.502. The van der Waals surface area contributed by atoms with Gasteiger partial charge in [-0.1, -0.05) is 12.1 Å². The summed E-state index contributed by atoms with van der Waals surface area (Å²) in [6.45, 7) is 5.69. The van der Waals surface area contributed by atoms with E-state index in [9.17, 15) is 14.3 Å². The predicted octanol–water partition coefficient (Wildman–Crippen LogP) is 4.35. The highest BCUT2D eigenvalue weighted by atomic mass is 19.1. The van der Waals surface area contributed by atoms with Crippen molar-refractivity contribution in [1.82, 2.24) is 14.5 Å². The predicted molar refractivity (Wildman–Crippen MR) is 110 cm³/mol. The number of carboxylic acids is 1. The minimum Gasteiger partial charge on any atom is -0.478 e. The van der Waals surface area contributed by atoms with Crippen LogP contribution in [0.3, 0.4) is 0 Å². The average Bonchev–Trinajstić information content (AvgIpc) is 3.07. The molecule has 0 atom stereocenters. The van der Waals surface area contributed by atoms with Crippen molar-refractivity contribution in [2.45, 2.75) is 39.3 Å². The van der Waals surface area contributed by atoms with Crippen LogP contribution in [0, 0.1) is 11.7 Å². The van der Waals surface area contributed by atoms with E-state index in [2.05, 4.69) is 16.4 Å². The van der Waals surface area contributed by atoms with Crippen LogP contribution in [-0.4, -0.2) is 38.6 Å². The number of carbonyl (C=O) groups is 1. The highest BCUT2D eigenvalue weighted by Crippen LogP contribution is 2.24. The van der Waals surface area contributed by atoms with Gasteiger partial charge >= 0.3 is 5.97 Å². The Bertz CT molecular complexity index is 1000. The number of aryl methyl sites for hydroxylation is 1. The molecule has 2 heterocycles. The second kappa shape index (κ2) is 8.33. The zero-order chi connectivity index (χ0) is 20.4. The van der Waals surface area contributed by atoms with E-state index in [0.717, 1.165) is 62.3 Å². The number of hydrogen-bond donors (Lipinski definition) is 1. The van der Waals surface area contributed by atoms with Crippen LogP contribution in [0.2, 0.25) is 0 Å². The van der Waals surface area contributed by atoms with Crippen molar-refractivity contribution < 1.29 is 14.3 Å². The van der Waals surface area contributed by atoms with Crippen LogP contribution < -0.4 is 0 Å². The van der Waals surface area contributed by atoms with Crippen LogP contribution in [0.25, 0.3) is 11.0 Å². The van der Waals surface area contributed by atoms with E-state index in [-0.39, 0.29) is 11.4 Å². The number of benzene rings is 2. The van der Waals surface area contributed by atoms with Crippen LogP contribution >= 0.6 is 0 Å². The van der Waals surface area contributed by atoms with Gasteiger partial charge in [0.1, 0.15) is 11.6 Å². The van der Waals surface area contributed by atoms with Gasteiger partial charge in [-0.2, -0.15) is 0 Å². The Morgan fingerprint density at radius 2 is 1.90 bits per heavy atom. The summed E-state index contributed by atoms with van der Waals surface area (Å²) in [5.41, 5.74) is 3.20. The van der Waals surface area contributed by atoms with Gasteiger partial charge in [0.05, 0.1) is 23.1 Å². The maximum Gasteiger partial charge on any atom is 0.335 e. The minimum absolute atomic E-state index is 0.183. The van der Waals surface area contributed by atoms with Crippen molar-refractivity contribution in [2.24, 2.45) is 5.92 Å². The summed E-state index contributed by atoms with van der Waals surface area (Å²) >= 11 is 0. The standard InChI is InChI=1S/C23H26FN3O2/c1-2-27-21-8-5-18(23(28)29)14-20(21)25-22(27)15-26-11-9-17(10-12-26)13-16-3-6-19(24)7-4-16/h3-8,14,17H,2,9-13,15H2,1H3,(H,28,29). The van der Waals surface area contributed by atoms with Crippen LogP contribution in [0.15, 0.2) is 42.5 Å². The molecule has 0 amide bonds. The van der Waals surface area contributed by atoms with Gasteiger partial charge in [0, 0.05) is 6.54 Å². The second-order valence-electron chi connectivity index (χ2n) is 7.83. The normalized spacial score (nSPS) is 15.8. The lowest BCUT2D eigenvalue weighted by atomic mass is 9.90. The number of carboxylic acid groups (broad SMARTS) is 1. The molecule has 6 heteroatoms. The Morgan fingerprint density at radius 1 is 1.17 bits per heavy atom. The molecule has 3 aromatic rings. The molecule has 0 saturated carbocycles. The van der Waals surface area contributed by atoms with Crippen LogP contribution in [0.4, 0.5) is 4.39 Å². The van der Waals surface area contributed by atoms with E-state index in [0.29, 0.717) is 5.92 Å². The number of imidazole rings is 1. The third-order valence-corrected chi connectivity index (χ3v) is 5.90. The summed E-state index contributed by atoms with van der Waals surface area (Å²) in [6.07, 6.45) is 3.24. The molecule has 0 aliphatic carbocycles. The number of piperidine rings is 1. The SMILES string of the molecule is CCn1c(CN2CCC(Cc3ccc(F)cc3)CC2)nc2cc(C(=O)O)ccc21. The molecule has 2 aromatic carbocycles. The number of hydrogen-bond acceptors (Lipinski definition) is 3. The molecule has 0 radical (unpaired) electrons. The van der Waals surface area contributed by atoms with Gasteiger partial charge < -0.3 is 9.67 Å². The lowest BCUT2D eigenvalue weighted by Gasteiger charge is -2.31. The number of likely N-dealkylation sites (tertiary alicyclic amines) is 1. The van der Waals surface area contributed by atoms with Gasteiger partial charge in [-0.05, 0) is 81.1 Å². The van der Waals surface area contributed by atoms with E-state index in [4.69, 9.17) is 4.98 Å². The fourth-order valence-electron chi connectivity index (χ4n) is 4.29. The third kappa shape index (κ3) is 4.32. The largest absolute Gasteiger partial charge is 0.478 e. The summed E-state index contributed by atoms with van der Waals surface area (Å²) in [5, 5.41) is 9.22. The molecule has 0 unspecified atom stereocenters. The van der Waals surface area contributed by atoms with Gasteiger partial charge in [0.15, 0.2) is 0 Å². The maximum atomic E-state index is 13.1. The molecule has 152 valence electrons. The Kier molecular flexibility index (Phi) is 5.62. The van der Waals surface area contributed by atoms with Crippen molar-refractivity contribution >= 4 is 17.0 Å². The van der Waals surface area contributed by atoms with Crippen molar-refractivity contribution in [2.75, 3.05) is 13.1 Å². The van der Waals surface area contributed by atoms with Gasteiger partial charge in [-0.15, -0.1) is 0 Å². The Morgan fingerprint density at radius 3 is 2.55 bits per heavy atom. The van der Waals surface area contributed by atoms with E-state index in [1.807, 2.05) is 18.2 Å². The smallest absolute Gasteiger partial charge is 0.335 e. The third-order valence-electron chi connectivity index (χ3n) is 5.90. The summed E-state index contributed by atoms with van der Waals surface area (Å²) in [4.78, 5) is 18.4. The van der Waals surface area contributed by atoms with Gasteiger partial charge in [0.2, 0.25) is 0 Å². The van der Waals surface area contributed by atoms with Crippen LogP contribution in [0.5, 0.6) is 0 Å². The van der Waals surface area contributed by atoms with E-state index in [1.165, 1.54) is 17.7 Å². The molecule has 1 aliphatic rings. The first-order valence-corrected chi connectivity index (χ1v) is 10.2. The molecule has 1 fully saturated rings. The summed E-state index contributed by atoms with van der Waals surface area (Å²) in [6, 6.07) is 12.0. The van der Waals surface area contributed by atoms with E-state index in [1.54, 1.807) is 12.1 Å². The molecular weight excluding hydrogens is 369 g/mol. The number of halogens is 1. The Hall–Kier alpha value is -2.73. The molecule has 1 aromatic heterocycles. The lowest BCUT2D eigenvalue weighted by molar-refractivity contribution is 0.0697. The maximum absolute atomic E-state index is 13.1. The fourth-order valence-corrected chi connectivity index (χ4v) is 4.29. The first-order valence-electron chi connectivity index (χ1n) is 10.2. The van der Waals surface area contributed by atoms with E-state index < -0.39 is 5.97 Å². The van der Waals surface area contributed by atoms with Crippen molar-refractivity contribution in [3.63, 3.8) is 0 Å². The summed E-state index contributed by atoms with van der Waals surface area (Å²) < 4.78 is 15.3. The van der Waals surface area contributed by atoms with Crippen molar-refractivity contribution in [3.8, 4) is 0 Å². The molecule has 1 N–H and O–H groups in total. The molecule has 0 spiro atoms. The first kappa shape index (κ1) is 19.6.